The van der Waals surface area contributed by atoms with Crippen molar-refractivity contribution in [3.05, 3.63) is 42.0 Å². The Kier molecular flexibility index (Phi) is 4.19. The molecule has 0 saturated carbocycles. The van der Waals surface area contributed by atoms with Crippen molar-refractivity contribution < 1.29 is 12.6 Å². The van der Waals surface area contributed by atoms with Crippen molar-refractivity contribution in [2.45, 2.75) is 31.1 Å². The summed E-state index contributed by atoms with van der Waals surface area (Å²) in [6.07, 6.45) is 7.24. The van der Waals surface area contributed by atoms with Crippen molar-refractivity contribution in [1.82, 2.24) is 0 Å². The van der Waals surface area contributed by atoms with Gasteiger partial charge in [-0.2, -0.15) is 8.42 Å². The molecule has 0 aliphatic heterocycles. The van der Waals surface area contributed by atoms with Gasteiger partial charge in [-0.25, -0.2) is 0 Å². The van der Waals surface area contributed by atoms with Crippen LogP contribution in [0.3, 0.4) is 0 Å². The summed E-state index contributed by atoms with van der Waals surface area (Å²) in [4.78, 5) is 0.232. The van der Waals surface area contributed by atoms with E-state index in [4.69, 9.17) is 4.18 Å². The second-order valence-electron chi connectivity index (χ2n) is 4.64. The van der Waals surface area contributed by atoms with E-state index in [1.54, 1.807) is 24.3 Å². The van der Waals surface area contributed by atoms with Gasteiger partial charge in [0.1, 0.15) is 0 Å². The highest BCUT2D eigenvalue weighted by Gasteiger charge is 2.16. The standard InChI is InChI=1S/C14H18O3S/c1-12-6-8-14(9-7-12)18(15,16)17-11-10-13-4-2-3-5-13/h2,4,6-9,13H,3,5,10-11H2,1H3. The van der Waals surface area contributed by atoms with E-state index in [2.05, 4.69) is 12.2 Å². The van der Waals surface area contributed by atoms with E-state index in [-0.39, 0.29) is 11.5 Å². The molecule has 0 radical (unpaired) electrons. The molecule has 1 aromatic rings. The highest BCUT2D eigenvalue weighted by Crippen LogP contribution is 2.21. The Morgan fingerprint density at radius 1 is 1.28 bits per heavy atom. The molecule has 1 aliphatic rings. The molecule has 0 heterocycles. The molecular weight excluding hydrogens is 248 g/mol. The number of rotatable bonds is 5. The molecule has 1 unspecified atom stereocenters. The lowest BCUT2D eigenvalue weighted by Crippen LogP contribution is -2.09. The Morgan fingerprint density at radius 3 is 2.61 bits per heavy atom. The lowest BCUT2D eigenvalue weighted by atomic mass is 10.1. The Hall–Kier alpha value is -1.13. The molecule has 0 bridgehead atoms. The quantitative estimate of drug-likeness (QED) is 0.607. The fraction of sp³-hybridized carbons (Fsp3) is 0.429. The van der Waals surface area contributed by atoms with E-state index in [9.17, 15) is 8.42 Å². The van der Waals surface area contributed by atoms with Crippen molar-refractivity contribution in [3.8, 4) is 0 Å². The highest BCUT2D eigenvalue weighted by atomic mass is 32.2. The number of hydrogen-bond acceptors (Lipinski definition) is 3. The molecule has 0 spiro atoms. The van der Waals surface area contributed by atoms with Crippen LogP contribution in [-0.4, -0.2) is 15.0 Å². The normalized spacial score (nSPS) is 19.3. The minimum absolute atomic E-state index is 0.232. The van der Waals surface area contributed by atoms with Gasteiger partial charge in [0.2, 0.25) is 0 Å². The monoisotopic (exact) mass is 266 g/mol. The average molecular weight is 266 g/mol. The van der Waals surface area contributed by atoms with Crippen LogP contribution < -0.4 is 0 Å². The summed E-state index contributed by atoms with van der Waals surface area (Å²) in [7, 11) is -3.59. The lowest BCUT2D eigenvalue weighted by molar-refractivity contribution is 0.294. The van der Waals surface area contributed by atoms with E-state index in [0.717, 1.165) is 24.8 Å². The van der Waals surface area contributed by atoms with Crippen LogP contribution in [0.2, 0.25) is 0 Å². The van der Waals surface area contributed by atoms with Crippen molar-refractivity contribution in [3.63, 3.8) is 0 Å². The summed E-state index contributed by atoms with van der Waals surface area (Å²) in [5.74, 6) is 0.471. The summed E-state index contributed by atoms with van der Waals surface area (Å²) < 4.78 is 28.8. The Morgan fingerprint density at radius 2 is 2.00 bits per heavy atom. The van der Waals surface area contributed by atoms with E-state index in [1.165, 1.54) is 0 Å². The van der Waals surface area contributed by atoms with Gasteiger partial charge >= 0.3 is 0 Å². The lowest BCUT2D eigenvalue weighted by Gasteiger charge is -2.08. The molecule has 0 amide bonds. The largest absolute Gasteiger partial charge is 0.296 e. The van der Waals surface area contributed by atoms with Crippen LogP contribution in [0.4, 0.5) is 0 Å². The molecule has 0 fully saturated rings. The van der Waals surface area contributed by atoms with Gasteiger partial charge in [0.25, 0.3) is 10.1 Å². The number of aryl methyl sites for hydroxylation is 1. The maximum atomic E-state index is 11.9. The number of hydrogen-bond donors (Lipinski definition) is 0. The third kappa shape index (κ3) is 3.43. The van der Waals surface area contributed by atoms with Crippen LogP contribution >= 0.6 is 0 Å². The summed E-state index contributed by atoms with van der Waals surface area (Å²) in [5, 5.41) is 0. The predicted octanol–water partition coefficient (Wildman–Crippen LogP) is 3.06. The van der Waals surface area contributed by atoms with Crippen LogP contribution in [0.5, 0.6) is 0 Å². The molecule has 0 aromatic heterocycles. The van der Waals surface area contributed by atoms with Crippen LogP contribution in [0.1, 0.15) is 24.8 Å². The molecule has 0 saturated heterocycles. The first kappa shape index (κ1) is 13.3. The van der Waals surface area contributed by atoms with E-state index in [0.29, 0.717) is 5.92 Å². The number of allylic oxidation sites excluding steroid dienone is 2. The van der Waals surface area contributed by atoms with E-state index in [1.807, 2.05) is 6.92 Å². The van der Waals surface area contributed by atoms with Gasteiger partial charge < -0.3 is 0 Å². The third-order valence-corrected chi connectivity index (χ3v) is 4.48. The van der Waals surface area contributed by atoms with Crippen molar-refractivity contribution >= 4 is 10.1 Å². The van der Waals surface area contributed by atoms with E-state index < -0.39 is 10.1 Å². The van der Waals surface area contributed by atoms with Crippen molar-refractivity contribution in [2.24, 2.45) is 5.92 Å². The Labute approximate surface area is 109 Å². The van der Waals surface area contributed by atoms with Gasteiger partial charge in [0, 0.05) is 0 Å². The van der Waals surface area contributed by atoms with Gasteiger partial charge in [0.05, 0.1) is 11.5 Å². The first-order chi connectivity index (χ1) is 8.58. The maximum Gasteiger partial charge on any atom is 0.296 e. The Balaban J connectivity index is 1.90. The summed E-state index contributed by atoms with van der Waals surface area (Å²) in [6, 6.07) is 6.71. The zero-order chi connectivity index (χ0) is 13.0. The molecule has 98 valence electrons. The predicted molar refractivity (Wildman–Crippen MR) is 70.8 cm³/mol. The van der Waals surface area contributed by atoms with Gasteiger partial charge in [-0.05, 0) is 44.2 Å². The highest BCUT2D eigenvalue weighted by molar-refractivity contribution is 7.86. The van der Waals surface area contributed by atoms with Crippen LogP contribution in [0, 0.1) is 12.8 Å². The summed E-state index contributed by atoms with van der Waals surface area (Å²) in [6.45, 7) is 2.18. The summed E-state index contributed by atoms with van der Waals surface area (Å²) >= 11 is 0. The fourth-order valence-electron chi connectivity index (χ4n) is 2.02. The summed E-state index contributed by atoms with van der Waals surface area (Å²) in [5.41, 5.74) is 1.03. The SMILES string of the molecule is Cc1ccc(S(=O)(=O)OCCC2C=CCC2)cc1. The molecule has 3 nitrogen and oxygen atoms in total. The molecule has 1 aromatic carbocycles. The van der Waals surface area contributed by atoms with Gasteiger partial charge in [-0.3, -0.25) is 4.18 Å². The topological polar surface area (TPSA) is 43.4 Å². The second kappa shape index (κ2) is 5.67. The average Bonchev–Trinajstić information content (AvgIpc) is 2.82. The molecule has 4 heteroatoms. The van der Waals surface area contributed by atoms with E-state index >= 15 is 0 Å². The molecule has 1 atom stereocenters. The second-order valence-corrected chi connectivity index (χ2v) is 6.26. The van der Waals surface area contributed by atoms with Gasteiger partial charge in [-0.1, -0.05) is 29.8 Å². The van der Waals surface area contributed by atoms with Gasteiger partial charge in [-0.15, -0.1) is 0 Å². The van der Waals surface area contributed by atoms with Crippen molar-refractivity contribution in [1.29, 1.82) is 0 Å². The van der Waals surface area contributed by atoms with Gasteiger partial charge in [0.15, 0.2) is 0 Å². The first-order valence-electron chi connectivity index (χ1n) is 6.21. The minimum atomic E-state index is -3.59. The minimum Gasteiger partial charge on any atom is -0.266 e. The van der Waals surface area contributed by atoms with Crippen LogP contribution in [0.15, 0.2) is 41.3 Å². The smallest absolute Gasteiger partial charge is 0.266 e. The zero-order valence-electron chi connectivity index (χ0n) is 10.5. The molecule has 1 aliphatic carbocycles. The van der Waals surface area contributed by atoms with Crippen LogP contribution in [0.25, 0.3) is 0 Å². The zero-order valence-corrected chi connectivity index (χ0v) is 11.3. The van der Waals surface area contributed by atoms with Crippen LogP contribution in [-0.2, 0) is 14.3 Å². The fourth-order valence-corrected chi connectivity index (χ4v) is 2.94. The third-order valence-electron chi connectivity index (χ3n) is 3.15. The molecule has 0 N–H and O–H groups in total. The first-order valence-corrected chi connectivity index (χ1v) is 7.61. The maximum absolute atomic E-state index is 11.9. The molecule has 18 heavy (non-hydrogen) atoms. The Bertz CT molecular complexity index is 514. The molecule has 2 rings (SSSR count). The molecular formula is C14H18O3S. The number of benzene rings is 1. The van der Waals surface area contributed by atoms with Crippen molar-refractivity contribution in [2.75, 3.05) is 6.61 Å².